The van der Waals surface area contributed by atoms with Crippen LogP contribution in [-0.2, 0) is 6.54 Å². The number of carbonyl (C=O) groups excluding carboxylic acids is 1. The van der Waals surface area contributed by atoms with E-state index in [0.717, 1.165) is 18.4 Å². The van der Waals surface area contributed by atoms with Crippen molar-refractivity contribution in [3.63, 3.8) is 0 Å². The Kier molecular flexibility index (Phi) is 4.01. The molecule has 1 aliphatic rings. The molecule has 0 radical (unpaired) electrons. The highest BCUT2D eigenvalue weighted by molar-refractivity contribution is 5.94. The van der Waals surface area contributed by atoms with Crippen LogP contribution in [0.15, 0.2) is 42.7 Å². The lowest BCUT2D eigenvalue weighted by Gasteiger charge is -2.22. The Morgan fingerprint density at radius 2 is 2.14 bits per heavy atom. The maximum absolute atomic E-state index is 12.4. The Labute approximate surface area is 123 Å². The zero-order chi connectivity index (χ0) is 14.7. The largest absolute Gasteiger partial charge is 0.394 e. The molecule has 2 heterocycles. The molecule has 110 valence electrons. The van der Waals surface area contributed by atoms with Gasteiger partial charge in [-0.25, -0.2) is 0 Å². The summed E-state index contributed by atoms with van der Waals surface area (Å²) in [6.45, 7) is 1.40. The summed E-state index contributed by atoms with van der Waals surface area (Å²) in [4.78, 5) is 14.2. The molecule has 0 bridgehead atoms. The summed E-state index contributed by atoms with van der Waals surface area (Å²) in [5.41, 5.74) is 1.74. The van der Waals surface area contributed by atoms with Crippen molar-refractivity contribution in [3.8, 4) is 0 Å². The van der Waals surface area contributed by atoms with Crippen LogP contribution in [0.3, 0.4) is 0 Å². The van der Waals surface area contributed by atoms with Crippen LogP contribution in [0.1, 0.15) is 28.8 Å². The summed E-state index contributed by atoms with van der Waals surface area (Å²) in [7, 11) is 0. The zero-order valence-electron chi connectivity index (χ0n) is 11.9. The molecule has 0 spiro atoms. The van der Waals surface area contributed by atoms with Gasteiger partial charge in [0.2, 0.25) is 0 Å². The van der Waals surface area contributed by atoms with Gasteiger partial charge in [-0.1, -0.05) is 30.3 Å². The lowest BCUT2D eigenvalue weighted by atomic mass is 10.2. The molecule has 2 aromatic rings. The summed E-state index contributed by atoms with van der Waals surface area (Å²) in [5, 5.41) is 13.6. The van der Waals surface area contributed by atoms with E-state index in [-0.39, 0.29) is 18.6 Å². The van der Waals surface area contributed by atoms with Crippen molar-refractivity contribution in [3.05, 3.63) is 53.9 Å². The number of hydrogen-bond acceptors (Lipinski definition) is 3. The molecule has 0 aliphatic carbocycles. The van der Waals surface area contributed by atoms with Crippen molar-refractivity contribution in [2.75, 3.05) is 13.2 Å². The number of benzene rings is 1. The van der Waals surface area contributed by atoms with Crippen LogP contribution in [0.2, 0.25) is 0 Å². The van der Waals surface area contributed by atoms with Gasteiger partial charge in [-0.2, -0.15) is 5.10 Å². The number of nitrogens with zero attached hydrogens (tertiary/aromatic N) is 3. The zero-order valence-corrected chi connectivity index (χ0v) is 11.9. The smallest absolute Gasteiger partial charge is 0.257 e. The Morgan fingerprint density at radius 3 is 2.90 bits per heavy atom. The first-order chi connectivity index (χ1) is 10.3. The van der Waals surface area contributed by atoms with Crippen molar-refractivity contribution in [1.29, 1.82) is 0 Å². The average Bonchev–Trinajstić information content (AvgIpc) is 3.16. The molecule has 3 rings (SSSR count). The summed E-state index contributed by atoms with van der Waals surface area (Å²) < 4.78 is 1.77. The highest BCUT2D eigenvalue weighted by atomic mass is 16.3. The van der Waals surface area contributed by atoms with Crippen LogP contribution in [0.4, 0.5) is 0 Å². The van der Waals surface area contributed by atoms with Gasteiger partial charge in [0.15, 0.2) is 0 Å². The van der Waals surface area contributed by atoms with Crippen LogP contribution in [0.5, 0.6) is 0 Å². The summed E-state index contributed by atoms with van der Waals surface area (Å²) in [6.07, 6.45) is 5.22. The number of carbonyl (C=O) groups is 1. The molecule has 5 nitrogen and oxygen atoms in total. The molecule has 1 fully saturated rings. The van der Waals surface area contributed by atoms with Crippen molar-refractivity contribution < 1.29 is 9.90 Å². The van der Waals surface area contributed by atoms with Gasteiger partial charge >= 0.3 is 0 Å². The molecule has 1 aromatic heterocycles. The Bertz CT molecular complexity index is 609. The molecular weight excluding hydrogens is 266 g/mol. The number of aromatic nitrogens is 2. The van der Waals surface area contributed by atoms with Gasteiger partial charge in [0.05, 0.1) is 31.0 Å². The first-order valence-electron chi connectivity index (χ1n) is 7.26. The Morgan fingerprint density at radius 1 is 1.33 bits per heavy atom. The van der Waals surface area contributed by atoms with Gasteiger partial charge in [0, 0.05) is 12.7 Å². The normalized spacial score (nSPS) is 18.1. The highest BCUT2D eigenvalue weighted by Gasteiger charge is 2.29. The maximum atomic E-state index is 12.4. The lowest BCUT2D eigenvalue weighted by Crippen LogP contribution is -2.37. The maximum Gasteiger partial charge on any atom is 0.257 e. The molecule has 5 heteroatoms. The van der Waals surface area contributed by atoms with Crippen LogP contribution in [0, 0.1) is 0 Å². The molecule has 1 unspecified atom stereocenters. The van der Waals surface area contributed by atoms with Crippen molar-refractivity contribution >= 4 is 5.91 Å². The minimum absolute atomic E-state index is 0.0316. The number of likely N-dealkylation sites (tertiary alicyclic amines) is 1. The van der Waals surface area contributed by atoms with Crippen LogP contribution in [-0.4, -0.2) is 44.9 Å². The first-order valence-corrected chi connectivity index (χ1v) is 7.26. The number of aliphatic hydroxyl groups excluding tert-OH is 1. The summed E-state index contributed by atoms with van der Waals surface area (Å²) in [6, 6.07) is 9.97. The quantitative estimate of drug-likeness (QED) is 0.926. The van der Waals surface area contributed by atoms with Crippen molar-refractivity contribution in [1.82, 2.24) is 14.7 Å². The minimum Gasteiger partial charge on any atom is -0.394 e. The SMILES string of the molecule is O=C(c1cnn(Cc2ccccc2)c1)N1CCCC1CO. The van der Waals surface area contributed by atoms with Gasteiger partial charge in [0.25, 0.3) is 5.91 Å². The van der Waals surface area contributed by atoms with E-state index in [2.05, 4.69) is 5.10 Å². The van der Waals surface area contributed by atoms with Gasteiger partial charge in [0.1, 0.15) is 0 Å². The van der Waals surface area contributed by atoms with Gasteiger partial charge < -0.3 is 10.0 Å². The molecule has 1 aromatic carbocycles. The second-order valence-electron chi connectivity index (χ2n) is 5.39. The van der Waals surface area contributed by atoms with Gasteiger partial charge in [-0.3, -0.25) is 9.48 Å². The molecule has 1 amide bonds. The third-order valence-corrected chi connectivity index (χ3v) is 3.92. The number of hydrogen-bond donors (Lipinski definition) is 1. The first kappa shape index (κ1) is 13.8. The lowest BCUT2D eigenvalue weighted by molar-refractivity contribution is 0.0677. The van der Waals surface area contributed by atoms with Gasteiger partial charge in [-0.05, 0) is 18.4 Å². The van der Waals surface area contributed by atoms with E-state index in [9.17, 15) is 9.90 Å². The monoisotopic (exact) mass is 285 g/mol. The summed E-state index contributed by atoms with van der Waals surface area (Å²) >= 11 is 0. The third kappa shape index (κ3) is 2.97. The van der Waals surface area contributed by atoms with E-state index in [1.54, 1.807) is 22.0 Å². The molecule has 1 saturated heterocycles. The summed E-state index contributed by atoms with van der Waals surface area (Å²) in [5.74, 6) is -0.0362. The Balaban J connectivity index is 1.71. The molecule has 1 N–H and O–H groups in total. The van der Waals surface area contributed by atoms with E-state index in [4.69, 9.17) is 0 Å². The second kappa shape index (κ2) is 6.10. The molecule has 1 atom stereocenters. The predicted octanol–water partition coefficient (Wildman–Crippen LogP) is 1.53. The fourth-order valence-electron chi connectivity index (χ4n) is 2.79. The number of aliphatic hydroxyl groups is 1. The fourth-order valence-corrected chi connectivity index (χ4v) is 2.79. The average molecular weight is 285 g/mol. The molecular formula is C16H19N3O2. The second-order valence-corrected chi connectivity index (χ2v) is 5.39. The molecule has 0 saturated carbocycles. The predicted molar refractivity (Wildman–Crippen MR) is 78.9 cm³/mol. The Hall–Kier alpha value is -2.14. The van der Waals surface area contributed by atoms with E-state index >= 15 is 0 Å². The standard InChI is InChI=1S/C16H19N3O2/c20-12-15-7-4-8-19(15)16(21)14-9-17-18(11-14)10-13-5-2-1-3-6-13/h1-3,5-6,9,11,15,20H,4,7-8,10,12H2. The number of rotatable bonds is 4. The van der Waals surface area contributed by atoms with E-state index < -0.39 is 0 Å². The van der Waals surface area contributed by atoms with Crippen molar-refractivity contribution in [2.45, 2.75) is 25.4 Å². The van der Waals surface area contributed by atoms with Crippen LogP contribution in [0.25, 0.3) is 0 Å². The van der Waals surface area contributed by atoms with Gasteiger partial charge in [-0.15, -0.1) is 0 Å². The number of amides is 1. The molecule has 21 heavy (non-hydrogen) atoms. The van der Waals surface area contributed by atoms with E-state index in [0.29, 0.717) is 18.7 Å². The highest BCUT2D eigenvalue weighted by Crippen LogP contribution is 2.19. The van der Waals surface area contributed by atoms with Crippen molar-refractivity contribution in [2.24, 2.45) is 0 Å². The topological polar surface area (TPSA) is 58.4 Å². The van der Waals surface area contributed by atoms with E-state index in [1.165, 1.54) is 0 Å². The van der Waals surface area contributed by atoms with Crippen LogP contribution < -0.4 is 0 Å². The van der Waals surface area contributed by atoms with Crippen LogP contribution >= 0.6 is 0 Å². The molecule has 1 aliphatic heterocycles. The minimum atomic E-state index is -0.0463. The van der Waals surface area contributed by atoms with E-state index in [1.807, 2.05) is 30.3 Å². The third-order valence-electron chi connectivity index (χ3n) is 3.92. The fraction of sp³-hybridized carbons (Fsp3) is 0.375.